The Bertz CT molecular complexity index is 662. The van der Waals surface area contributed by atoms with Crippen molar-refractivity contribution in [1.29, 1.82) is 0 Å². The van der Waals surface area contributed by atoms with Gasteiger partial charge in [-0.15, -0.1) is 0 Å². The van der Waals surface area contributed by atoms with E-state index in [4.69, 9.17) is 0 Å². The zero-order valence-corrected chi connectivity index (χ0v) is 12.7. The zero-order valence-electron chi connectivity index (χ0n) is 10.5. The number of nitrogens with zero attached hydrogens (tertiary/aromatic N) is 3. The van der Waals surface area contributed by atoms with E-state index in [2.05, 4.69) is 72.3 Å². The van der Waals surface area contributed by atoms with Crippen LogP contribution in [0.25, 0.3) is 11.3 Å². The summed E-state index contributed by atoms with van der Waals surface area (Å²) in [5, 5.41) is 10.1. The maximum absolute atomic E-state index is 4.21. The Morgan fingerprint density at radius 3 is 2.45 bits per heavy atom. The van der Waals surface area contributed by atoms with Crippen molar-refractivity contribution in [3.8, 4) is 11.3 Å². The van der Waals surface area contributed by atoms with Crippen LogP contribution in [0.2, 0.25) is 0 Å². The van der Waals surface area contributed by atoms with Gasteiger partial charge in [0.25, 0.3) is 0 Å². The monoisotopic (exact) mass is 377 g/mol. The quantitative estimate of drug-likeness (QED) is 0.686. The van der Waals surface area contributed by atoms with Gasteiger partial charge in [-0.05, 0) is 39.8 Å². The standard InChI is InChI=1S/C14H12IN5/c15-12-8-17-14(18-9-12)16-7-10-1-3-11(4-2-10)13-5-6-19-20-13/h1-6,8-9H,7H2,(H,19,20)(H,16,17,18). The lowest BCUT2D eigenvalue weighted by Gasteiger charge is -2.05. The number of halogens is 1. The second kappa shape index (κ2) is 6.00. The largest absolute Gasteiger partial charge is 0.350 e. The Morgan fingerprint density at radius 2 is 1.80 bits per heavy atom. The molecule has 20 heavy (non-hydrogen) atoms. The normalized spacial score (nSPS) is 10.4. The molecule has 2 heterocycles. The molecule has 0 bridgehead atoms. The molecule has 0 unspecified atom stereocenters. The first-order valence-corrected chi connectivity index (χ1v) is 7.19. The van der Waals surface area contributed by atoms with E-state index in [1.165, 1.54) is 5.56 Å². The number of H-pyrrole nitrogens is 1. The molecule has 3 rings (SSSR count). The van der Waals surface area contributed by atoms with E-state index < -0.39 is 0 Å². The van der Waals surface area contributed by atoms with E-state index in [1.807, 2.05) is 6.07 Å². The summed E-state index contributed by atoms with van der Waals surface area (Å²) < 4.78 is 1.03. The fourth-order valence-corrected chi connectivity index (χ4v) is 2.08. The summed E-state index contributed by atoms with van der Waals surface area (Å²) in [5.74, 6) is 0.642. The number of hydrogen-bond acceptors (Lipinski definition) is 4. The Kier molecular flexibility index (Phi) is 3.91. The van der Waals surface area contributed by atoms with Gasteiger partial charge in [-0.2, -0.15) is 5.10 Å². The smallest absolute Gasteiger partial charge is 0.222 e. The average molecular weight is 377 g/mol. The Hall–Kier alpha value is -1.96. The van der Waals surface area contributed by atoms with Crippen LogP contribution in [0.15, 0.2) is 48.9 Å². The first-order valence-electron chi connectivity index (χ1n) is 6.11. The van der Waals surface area contributed by atoms with Crippen molar-refractivity contribution in [2.24, 2.45) is 0 Å². The molecule has 0 amide bonds. The minimum atomic E-state index is 0.642. The molecule has 1 aromatic carbocycles. The molecule has 6 heteroatoms. The van der Waals surface area contributed by atoms with Gasteiger partial charge in [0.15, 0.2) is 0 Å². The van der Waals surface area contributed by atoms with Crippen molar-refractivity contribution in [3.63, 3.8) is 0 Å². The summed E-state index contributed by atoms with van der Waals surface area (Å²) in [6, 6.07) is 10.2. The first kappa shape index (κ1) is 13.0. The van der Waals surface area contributed by atoms with Gasteiger partial charge < -0.3 is 5.32 Å². The highest BCUT2D eigenvalue weighted by molar-refractivity contribution is 14.1. The van der Waals surface area contributed by atoms with Crippen LogP contribution in [0.4, 0.5) is 5.95 Å². The molecule has 0 saturated carbocycles. The van der Waals surface area contributed by atoms with Crippen LogP contribution in [0.5, 0.6) is 0 Å². The van der Waals surface area contributed by atoms with Crippen LogP contribution in [0.1, 0.15) is 5.56 Å². The van der Waals surface area contributed by atoms with Crippen LogP contribution in [0.3, 0.4) is 0 Å². The molecular formula is C14H12IN5. The van der Waals surface area contributed by atoms with Gasteiger partial charge in [-0.25, -0.2) is 9.97 Å². The van der Waals surface area contributed by atoms with Crippen molar-refractivity contribution in [2.75, 3.05) is 5.32 Å². The Labute approximate surface area is 130 Å². The fraction of sp³-hybridized carbons (Fsp3) is 0.0714. The van der Waals surface area contributed by atoms with E-state index >= 15 is 0 Å². The number of aromatic amines is 1. The minimum Gasteiger partial charge on any atom is -0.350 e. The number of rotatable bonds is 4. The van der Waals surface area contributed by atoms with E-state index in [0.29, 0.717) is 12.5 Å². The highest BCUT2D eigenvalue weighted by atomic mass is 127. The van der Waals surface area contributed by atoms with Crippen molar-refractivity contribution >= 4 is 28.5 Å². The molecule has 0 fully saturated rings. The van der Waals surface area contributed by atoms with Gasteiger partial charge in [0.2, 0.25) is 5.95 Å². The molecule has 2 aromatic heterocycles. The molecule has 5 nitrogen and oxygen atoms in total. The highest BCUT2D eigenvalue weighted by Crippen LogP contribution is 2.17. The summed E-state index contributed by atoms with van der Waals surface area (Å²) in [6.45, 7) is 0.698. The topological polar surface area (TPSA) is 66.5 Å². The molecule has 0 aliphatic rings. The molecule has 0 atom stereocenters. The Morgan fingerprint density at radius 1 is 1.05 bits per heavy atom. The van der Waals surface area contributed by atoms with Crippen LogP contribution in [-0.4, -0.2) is 20.2 Å². The van der Waals surface area contributed by atoms with Crippen molar-refractivity contribution in [1.82, 2.24) is 20.2 Å². The molecule has 0 radical (unpaired) electrons. The van der Waals surface area contributed by atoms with Crippen LogP contribution < -0.4 is 5.32 Å². The molecule has 0 aliphatic carbocycles. The SMILES string of the molecule is Ic1cnc(NCc2ccc(-c3ccn[nH]3)cc2)nc1. The predicted molar refractivity (Wildman–Crippen MR) is 86.1 cm³/mol. The van der Waals surface area contributed by atoms with Gasteiger partial charge in [-0.3, -0.25) is 5.10 Å². The molecule has 100 valence electrons. The molecule has 0 spiro atoms. The zero-order chi connectivity index (χ0) is 13.8. The maximum Gasteiger partial charge on any atom is 0.222 e. The van der Waals surface area contributed by atoms with Gasteiger partial charge in [-0.1, -0.05) is 24.3 Å². The van der Waals surface area contributed by atoms with Crippen LogP contribution in [-0.2, 0) is 6.54 Å². The van der Waals surface area contributed by atoms with E-state index in [0.717, 1.165) is 14.8 Å². The predicted octanol–water partition coefficient (Wildman–Crippen LogP) is 3.08. The summed E-state index contributed by atoms with van der Waals surface area (Å²) in [4.78, 5) is 8.42. The molecular weight excluding hydrogens is 365 g/mol. The number of nitrogens with one attached hydrogen (secondary N) is 2. The third kappa shape index (κ3) is 3.13. The molecule has 2 N–H and O–H groups in total. The number of anilines is 1. The van der Waals surface area contributed by atoms with Crippen molar-refractivity contribution in [2.45, 2.75) is 6.54 Å². The molecule has 0 aliphatic heterocycles. The second-order valence-corrected chi connectivity index (χ2v) is 5.49. The Balaban J connectivity index is 1.65. The van der Waals surface area contributed by atoms with Gasteiger partial charge >= 0.3 is 0 Å². The van der Waals surface area contributed by atoms with E-state index in [1.54, 1.807) is 18.6 Å². The number of aromatic nitrogens is 4. The minimum absolute atomic E-state index is 0.642. The summed E-state index contributed by atoms with van der Waals surface area (Å²) >= 11 is 2.18. The van der Waals surface area contributed by atoms with Crippen LogP contribution >= 0.6 is 22.6 Å². The third-order valence-electron chi connectivity index (χ3n) is 2.84. The summed E-state index contributed by atoms with van der Waals surface area (Å²) in [6.07, 6.45) is 5.33. The molecule has 0 saturated heterocycles. The first-order chi connectivity index (χ1) is 9.81. The highest BCUT2D eigenvalue weighted by Gasteiger charge is 2.00. The lowest BCUT2D eigenvalue weighted by Crippen LogP contribution is -2.03. The number of hydrogen-bond donors (Lipinski definition) is 2. The lowest BCUT2D eigenvalue weighted by molar-refractivity contribution is 1.05. The maximum atomic E-state index is 4.21. The second-order valence-electron chi connectivity index (χ2n) is 4.25. The van der Waals surface area contributed by atoms with E-state index in [-0.39, 0.29) is 0 Å². The van der Waals surface area contributed by atoms with Crippen molar-refractivity contribution in [3.05, 3.63) is 58.1 Å². The van der Waals surface area contributed by atoms with Crippen LogP contribution in [0, 0.1) is 3.57 Å². The van der Waals surface area contributed by atoms with Gasteiger partial charge in [0.1, 0.15) is 0 Å². The third-order valence-corrected chi connectivity index (χ3v) is 3.39. The fourth-order valence-electron chi connectivity index (χ4n) is 1.80. The van der Waals surface area contributed by atoms with Gasteiger partial charge in [0.05, 0.1) is 5.69 Å². The molecule has 3 aromatic rings. The van der Waals surface area contributed by atoms with Crippen molar-refractivity contribution < 1.29 is 0 Å². The summed E-state index contributed by atoms with van der Waals surface area (Å²) in [5.41, 5.74) is 3.32. The summed E-state index contributed by atoms with van der Waals surface area (Å²) in [7, 11) is 0. The number of benzene rings is 1. The average Bonchev–Trinajstić information content (AvgIpc) is 3.01. The lowest BCUT2D eigenvalue weighted by atomic mass is 10.1. The van der Waals surface area contributed by atoms with E-state index in [9.17, 15) is 0 Å². The van der Waals surface area contributed by atoms with Gasteiger partial charge in [0, 0.05) is 28.7 Å².